The smallest absolute Gasteiger partial charge is 0.417 e. The first-order chi connectivity index (χ1) is 67.6. The number of aromatic nitrogens is 9. The molecule has 0 radical (unpaired) electrons. The van der Waals surface area contributed by atoms with Crippen LogP contribution in [0.3, 0.4) is 0 Å². The van der Waals surface area contributed by atoms with E-state index < -0.39 is 70.3 Å². The zero-order chi connectivity index (χ0) is 102. The molecule has 752 valence electrons. The summed E-state index contributed by atoms with van der Waals surface area (Å²) >= 11 is 0. The number of imidazole rings is 3. The number of hydrogen-bond acceptors (Lipinski definition) is 27. The maximum absolute atomic E-state index is 13.9. The lowest BCUT2D eigenvalue weighted by atomic mass is 9.95. The number of amides is 6. The Morgan fingerprint density at radius 3 is 0.894 bits per heavy atom. The van der Waals surface area contributed by atoms with Crippen LogP contribution < -0.4 is 16.0 Å². The molecule has 6 aliphatic rings. The van der Waals surface area contributed by atoms with E-state index >= 15 is 0 Å². The molecule has 36 heteroatoms. The standard InChI is InChI=1S/3C34H39FN6O5.C4H10/c3*1-5-20(19-42)23-7-9-29(38-27(23)18-39-12-11-22(43)16-39)37-26-8-6-24(28-15-36-30-14-21(35)10-13-40(28)30)25-17-41(32(44)31(25)26)33(45)46-34(2,3)4;1-4(2)3/h3*6-10,13-15,20,22,42-43H,5,11-12,16-19H2,1-4H3,(H,37,38);4H,1-3H3/t20-,22+;2*20-,22-;/m100./s1. The van der Waals surface area contributed by atoms with Crippen LogP contribution in [0.2, 0.25) is 0 Å². The van der Waals surface area contributed by atoms with E-state index in [-0.39, 0.29) is 75.5 Å². The van der Waals surface area contributed by atoms with Crippen LogP contribution in [0.1, 0.15) is 242 Å². The molecule has 0 bridgehead atoms. The molecule has 0 saturated carbocycles. The third kappa shape index (κ3) is 23.4. The zero-order valence-corrected chi connectivity index (χ0v) is 82.9. The summed E-state index contributed by atoms with van der Waals surface area (Å²) in [5.74, 6) is -0.717. The van der Waals surface area contributed by atoms with E-state index in [1.54, 1.807) is 131 Å². The molecule has 15 heterocycles. The molecule has 18 rings (SSSR count). The number of nitrogens with one attached hydrogen (secondary N) is 3. The molecule has 3 aromatic carbocycles. The summed E-state index contributed by atoms with van der Waals surface area (Å²) in [5.41, 5.74) is 12.0. The van der Waals surface area contributed by atoms with Crippen molar-refractivity contribution in [1.82, 2.24) is 72.5 Å². The summed E-state index contributed by atoms with van der Waals surface area (Å²) in [7, 11) is 0. The Labute approximate surface area is 822 Å². The number of carbonyl (C=O) groups excluding carboxylic acids is 6. The van der Waals surface area contributed by atoms with Crippen LogP contribution in [-0.2, 0) is 53.5 Å². The summed E-state index contributed by atoms with van der Waals surface area (Å²) in [4.78, 5) is 119. The fraction of sp³-hybridized carbons (Fsp3) is 0.434. The molecule has 6 aliphatic heterocycles. The number of ether oxygens (including phenoxy) is 3. The number of nitrogens with zero attached hydrogens (tertiary/aromatic N) is 15. The molecule has 9 N–H and O–H groups in total. The largest absolute Gasteiger partial charge is 0.443 e. The summed E-state index contributed by atoms with van der Waals surface area (Å²) < 4.78 is 63.7. The monoisotopic (exact) mass is 1950 g/mol. The molecule has 0 unspecified atom stereocenters. The normalized spacial score (nSPS) is 17.3. The number of anilines is 6. The fourth-order valence-electron chi connectivity index (χ4n) is 18.7. The van der Waals surface area contributed by atoms with E-state index in [4.69, 9.17) is 29.2 Å². The molecule has 9 aromatic heterocycles. The fourth-order valence-corrected chi connectivity index (χ4v) is 18.7. The van der Waals surface area contributed by atoms with Gasteiger partial charge in [-0.15, -0.1) is 0 Å². The second-order valence-electron chi connectivity index (χ2n) is 40.5. The number of hydrogen-bond donors (Lipinski definition) is 9. The number of fused-ring (bicyclic) bond motifs is 6. The second kappa shape index (κ2) is 43.3. The minimum atomic E-state index is -0.805. The number of pyridine rings is 6. The highest BCUT2D eigenvalue weighted by molar-refractivity contribution is 6.14. The Morgan fingerprint density at radius 2 is 0.669 bits per heavy atom. The van der Waals surface area contributed by atoms with Crippen molar-refractivity contribution in [3.8, 4) is 33.8 Å². The lowest BCUT2D eigenvalue weighted by Gasteiger charge is -2.23. The number of β-amino-alcohol motifs (C(OH)–C–C–N with tert-alkyl or cyclic N) is 3. The number of aliphatic hydroxyl groups is 6. The van der Waals surface area contributed by atoms with Gasteiger partial charge in [-0.1, -0.05) is 77.9 Å². The van der Waals surface area contributed by atoms with Gasteiger partial charge >= 0.3 is 18.3 Å². The van der Waals surface area contributed by atoms with Gasteiger partial charge in [0.25, 0.3) is 17.7 Å². The van der Waals surface area contributed by atoms with Crippen LogP contribution in [0, 0.1) is 23.4 Å². The molecular formula is C106H127F3N18O15. The highest BCUT2D eigenvalue weighted by atomic mass is 19.1. The third-order valence-corrected chi connectivity index (χ3v) is 25.5. The predicted octanol–water partition coefficient (Wildman–Crippen LogP) is 17.3. The molecule has 0 spiro atoms. The molecule has 12 aromatic rings. The Hall–Kier alpha value is -13.2. The topological polar surface area (TPSA) is 398 Å². The Kier molecular flexibility index (Phi) is 31.5. The lowest BCUT2D eigenvalue weighted by molar-refractivity contribution is 0.0231. The molecule has 0 aliphatic carbocycles. The number of imide groups is 3. The van der Waals surface area contributed by atoms with Crippen molar-refractivity contribution in [1.29, 1.82) is 0 Å². The molecule has 142 heavy (non-hydrogen) atoms. The van der Waals surface area contributed by atoms with Crippen LogP contribution in [0.25, 0.3) is 50.7 Å². The van der Waals surface area contributed by atoms with Gasteiger partial charge in [0, 0.05) is 150 Å². The number of likely N-dealkylation sites (tertiary alicyclic amines) is 3. The van der Waals surface area contributed by atoms with Crippen molar-refractivity contribution in [3.05, 3.63) is 231 Å². The highest BCUT2D eigenvalue weighted by Gasteiger charge is 2.44. The van der Waals surface area contributed by atoms with Gasteiger partial charge in [0.15, 0.2) is 0 Å². The van der Waals surface area contributed by atoms with Crippen molar-refractivity contribution >= 4 is 87.5 Å². The van der Waals surface area contributed by atoms with Crippen molar-refractivity contribution < 1.29 is 86.8 Å². The minimum absolute atomic E-state index is 0.0134. The second-order valence-corrected chi connectivity index (χ2v) is 40.5. The summed E-state index contributed by atoms with van der Waals surface area (Å²) in [6.45, 7) is 33.5. The number of aliphatic hydroxyl groups excluding tert-OH is 6. The van der Waals surface area contributed by atoms with Crippen LogP contribution in [0.4, 0.5) is 62.1 Å². The Balaban J connectivity index is 0.000000158. The van der Waals surface area contributed by atoms with E-state index in [1.165, 1.54) is 36.4 Å². The first-order valence-electron chi connectivity index (χ1n) is 48.4. The van der Waals surface area contributed by atoms with E-state index in [0.717, 1.165) is 93.3 Å². The van der Waals surface area contributed by atoms with Gasteiger partial charge in [-0.05, 0) is 195 Å². The molecule has 3 fully saturated rings. The van der Waals surface area contributed by atoms with E-state index in [2.05, 4.69) is 66.4 Å². The molecule has 33 nitrogen and oxygen atoms in total. The number of halogens is 3. The van der Waals surface area contributed by atoms with Gasteiger partial charge in [-0.25, -0.2) is 72.2 Å². The van der Waals surface area contributed by atoms with Crippen LogP contribution in [0.5, 0.6) is 0 Å². The number of carbonyl (C=O) groups is 6. The van der Waals surface area contributed by atoms with Crippen LogP contribution in [-0.4, -0.2) is 233 Å². The molecule has 3 saturated heterocycles. The predicted molar refractivity (Wildman–Crippen MR) is 531 cm³/mol. The molecular weight excluding hydrogens is 1820 g/mol. The van der Waals surface area contributed by atoms with Gasteiger partial charge in [-0.2, -0.15) is 0 Å². The van der Waals surface area contributed by atoms with E-state index in [0.29, 0.717) is 177 Å². The summed E-state index contributed by atoms with van der Waals surface area (Å²) in [6.07, 6.45) is 10.5. The van der Waals surface area contributed by atoms with Crippen LogP contribution >= 0.6 is 0 Å². The zero-order valence-electron chi connectivity index (χ0n) is 82.9. The first kappa shape index (κ1) is 103. The van der Waals surface area contributed by atoms with Crippen molar-refractivity contribution in [3.63, 3.8) is 0 Å². The summed E-state index contributed by atoms with van der Waals surface area (Å²) in [5, 5.41) is 70.4. The maximum atomic E-state index is 13.9. The van der Waals surface area contributed by atoms with Gasteiger partial charge in [0.05, 0.1) is 124 Å². The lowest BCUT2D eigenvalue weighted by Crippen LogP contribution is -2.37. The molecule has 6 amide bonds. The van der Waals surface area contributed by atoms with Gasteiger partial charge in [0.2, 0.25) is 0 Å². The SMILES string of the molecule is CC(C)C.CC[C@@H](CO)c1ccc(Nc2ccc(-c3cnc4cc(F)ccn34)c3c2C(=O)N(C(=O)OC(C)(C)C)C3)nc1CN1CC[C@H](O)C1.CC[C@@H](CO)c1ccc(Nc2ccc(-c3cnc4cc(F)ccn34)c3c2C(=O)N(C(=O)OC(C)(C)C)C3)nc1CN1CC[C@H](O)C1.CC[C@H](CO)c1ccc(Nc2ccc(-c3cnc4cc(F)ccn34)c3c2C(=O)N(C(=O)OC(C)(C)C)C3)nc1CN1CC[C@H](O)C1. The Morgan fingerprint density at radius 1 is 0.408 bits per heavy atom. The number of benzene rings is 3. The average Bonchev–Trinajstić information content (AvgIpc) is 1.60. The van der Waals surface area contributed by atoms with Crippen molar-refractivity contribution in [2.75, 3.05) is 75.0 Å². The Bertz CT molecular complexity index is 6070. The number of rotatable bonds is 24. The minimum Gasteiger partial charge on any atom is -0.443 e. The van der Waals surface area contributed by atoms with Gasteiger partial charge in [-0.3, -0.25) is 42.3 Å². The summed E-state index contributed by atoms with van der Waals surface area (Å²) in [6, 6.07) is 30.1. The van der Waals surface area contributed by atoms with Crippen molar-refractivity contribution in [2.45, 2.75) is 235 Å². The highest BCUT2D eigenvalue weighted by Crippen LogP contribution is 2.45. The van der Waals surface area contributed by atoms with Gasteiger partial charge < -0.3 is 60.8 Å². The van der Waals surface area contributed by atoms with E-state index in [1.807, 2.05) is 75.4 Å². The molecule has 6 atom stereocenters. The van der Waals surface area contributed by atoms with E-state index in [9.17, 15) is 72.6 Å². The first-order valence-corrected chi connectivity index (χ1v) is 48.4. The average molecular weight is 1950 g/mol. The van der Waals surface area contributed by atoms with Crippen molar-refractivity contribution in [2.24, 2.45) is 5.92 Å². The quantitative estimate of drug-likeness (QED) is 0.0254. The van der Waals surface area contributed by atoms with Gasteiger partial charge in [0.1, 0.15) is 68.6 Å². The maximum Gasteiger partial charge on any atom is 0.417 e. The third-order valence-electron chi connectivity index (χ3n) is 25.5. The van der Waals surface area contributed by atoms with Crippen LogP contribution in [0.15, 0.2) is 146 Å².